The van der Waals surface area contributed by atoms with Crippen molar-refractivity contribution in [2.75, 3.05) is 12.4 Å². The first-order valence-electron chi connectivity index (χ1n) is 6.30. The molecule has 0 amide bonds. The average Bonchev–Trinajstić information content (AvgIpc) is 2.35. The molecule has 0 radical (unpaired) electrons. The summed E-state index contributed by atoms with van der Waals surface area (Å²) in [6.45, 7) is 3.99. The van der Waals surface area contributed by atoms with Crippen molar-refractivity contribution in [3.63, 3.8) is 0 Å². The minimum absolute atomic E-state index is 0.0418. The van der Waals surface area contributed by atoms with E-state index >= 15 is 0 Å². The maximum absolute atomic E-state index is 12.2. The number of hydrogen-bond donors (Lipinski definition) is 2. The second kappa shape index (κ2) is 6.75. The van der Waals surface area contributed by atoms with E-state index in [1.54, 1.807) is 25.2 Å². The van der Waals surface area contributed by atoms with Gasteiger partial charge in [-0.05, 0) is 25.5 Å². The Bertz CT molecular complexity index is 472. The monoisotopic (exact) mass is 270 g/mol. The van der Waals surface area contributed by atoms with Gasteiger partial charge in [-0.15, -0.1) is 0 Å². The maximum atomic E-state index is 12.2. The van der Waals surface area contributed by atoms with Crippen molar-refractivity contribution in [2.24, 2.45) is 0 Å². The third kappa shape index (κ3) is 3.99. The predicted molar refractivity (Wildman–Crippen MR) is 75.3 cm³/mol. The van der Waals surface area contributed by atoms with E-state index in [4.69, 9.17) is 0 Å². The first-order valence-corrected chi connectivity index (χ1v) is 7.78. The topological polar surface area (TPSA) is 58.2 Å². The van der Waals surface area contributed by atoms with Gasteiger partial charge in [0.25, 0.3) is 0 Å². The molecule has 0 fully saturated rings. The minimum atomic E-state index is -3.45. The van der Waals surface area contributed by atoms with Crippen LogP contribution in [0.2, 0.25) is 0 Å². The molecule has 1 aromatic carbocycles. The number of rotatable bonds is 7. The molecular weight excluding hydrogens is 248 g/mol. The van der Waals surface area contributed by atoms with Crippen LogP contribution in [0.15, 0.2) is 29.2 Å². The fourth-order valence-electron chi connectivity index (χ4n) is 1.81. The van der Waals surface area contributed by atoms with Crippen LogP contribution in [0.1, 0.15) is 33.1 Å². The maximum Gasteiger partial charge on any atom is 0.242 e. The fraction of sp³-hybridized carbons (Fsp3) is 0.538. The first kappa shape index (κ1) is 15.0. The summed E-state index contributed by atoms with van der Waals surface area (Å²) in [5.74, 6) is 0. The van der Waals surface area contributed by atoms with E-state index in [1.807, 2.05) is 13.0 Å². The van der Waals surface area contributed by atoms with E-state index in [9.17, 15) is 8.42 Å². The van der Waals surface area contributed by atoms with Crippen molar-refractivity contribution in [3.8, 4) is 0 Å². The predicted octanol–water partition coefficient (Wildman–Crippen LogP) is 2.59. The molecule has 1 aromatic rings. The van der Waals surface area contributed by atoms with Gasteiger partial charge in [0.2, 0.25) is 10.0 Å². The summed E-state index contributed by atoms with van der Waals surface area (Å²) in [5, 5.41) is 2.90. The summed E-state index contributed by atoms with van der Waals surface area (Å²) in [6.07, 6.45) is 2.95. The lowest BCUT2D eigenvalue weighted by Crippen LogP contribution is -2.32. The van der Waals surface area contributed by atoms with E-state index in [0.717, 1.165) is 19.3 Å². The average molecular weight is 270 g/mol. The van der Waals surface area contributed by atoms with Crippen LogP contribution in [0.5, 0.6) is 0 Å². The number of anilines is 1. The number of para-hydroxylation sites is 1. The van der Waals surface area contributed by atoms with Gasteiger partial charge in [0, 0.05) is 13.1 Å². The third-order valence-corrected chi connectivity index (χ3v) is 4.44. The molecule has 1 atom stereocenters. The van der Waals surface area contributed by atoms with E-state index < -0.39 is 10.0 Å². The van der Waals surface area contributed by atoms with E-state index in [-0.39, 0.29) is 6.04 Å². The zero-order valence-corrected chi connectivity index (χ0v) is 12.0. The molecule has 0 aliphatic heterocycles. The van der Waals surface area contributed by atoms with Crippen LogP contribution in [0.3, 0.4) is 0 Å². The molecule has 0 spiro atoms. The first-order chi connectivity index (χ1) is 8.51. The summed E-state index contributed by atoms with van der Waals surface area (Å²) >= 11 is 0. The summed E-state index contributed by atoms with van der Waals surface area (Å²) in [6, 6.07) is 6.86. The van der Waals surface area contributed by atoms with Crippen molar-refractivity contribution >= 4 is 15.7 Å². The van der Waals surface area contributed by atoms with Crippen molar-refractivity contribution in [1.29, 1.82) is 0 Å². The Morgan fingerprint density at radius 3 is 2.56 bits per heavy atom. The van der Waals surface area contributed by atoms with Gasteiger partial charge >= 0.3 is 0 Å². The van der Waals surface area contributed by atoms with Gasteiger partial charge in [-0.25, -0.2) is 13.1 Å². The smallest absolute Gasteiger partial charge is 0.242 e. The second-order valence-electron chi connectivity index (χ2n) is 4.41. The normalized spacial score (nSPS) is 13.3. The molecule has 4 nitrogen and oxygen atoms in total. The number of benzene rings is 1. The van der Waals surface area contributed by atoms with Crippen LogP contribution >= 0.6 is 0 Å². The molecule has 0 aromatic heterocycles. The summed E-state index contributed by atoms with van der Waals surface area (Å²) < 4.78 is 27.2. The fourth-order valence-corrected chi connectivity index (χ4v) is 3.30. The molecule has 102 valence electrons. The minimum Gasteiger partial charge on any atom is -0.387 e. The quantitative estimate of drug-likeness (QED) is 0.800. The Labute approximate surface area is 110 Å². The second-order valence-corrected chi connectivity index (χ2v) is 6.09. The van der Waals surface area contributed by atoms with Crippen LogP contribution in [-0.2, 0) is 10.0 Å². The van der Waals surface area contributed by atoms with Crippen LogP contribution in [0, 0.1) is 0 Å². The molecule has 2 N–H and O–H groups in total. The highest BCUT2D eigenvalue weighted by molar-refractivity contribution is 7.89. The van der Waals surface area contributed by atoms with Crippen molar-refractivity contribution in [1.82, 2.24) is 4.72 Å². The van der Waals surface area contributed by atoms with Gasteiger partial charge < -0.3 is 5.32 Å². The number of unbranched alkanes of at least 4 members (excludes halogenated alkanes) is 1. The van der Waals surface area contributed by atoms with Gasteiger partial charge in [-0.3, -0.25) is 0 Å². The molecule has 5 heteroatoms. The van der Waals surface area contributed by atoms with Gasteiger partial charge in [-0.1, -0.05) is 31.9 Å². The SMILES string of the molecule is CCCCC(C)NS(=O)(=O)c1ccccc1NC. The van der Waals surface area contributed by atoms with Crippen molar-refractivity contribution in [3.05, 3.63) is 24.3 Å². The number of hydrogen-bond acceptors (Lipinski definition) is 3. The van der Waals surface area contributed by atoms with E-state index in [0.29, 0.717) is 10.6 Å². The van der Waals surface area contributed by atoms with E-state index in [2.05, 4.69) is 17.0 Å². The largest absolute Gasteiger partial charge is 0.387 e. The Hall–Kier alpha value is -1.07. The molecule has 0 heterocycles. The van der Waals surface area contributed by atoms with Crippen LogP contribution in [0.4, 0.5) is 5.69 Å². The number of sulfonamides is 1. The molecule has 1 unspecified atom stereocenters. The lowest BCUT2D eigenvalue weighted by molar-refractivity contribution is 0.534. The zero-order chi connectivity index (χ0) is 13.6. The third-order valence-electron chi connectivity index (χ3n) is 2.79. The van der Waals surface area contributed by atoms with Gasteiger partial charge in [0.1, 0.15) is 4.90 Å². The molecule has 0 aliphatic rings. The van der Waals surface area contributed by atoms with Gasteiger partial charge in [0.15, 0.2) is 0 Å². The van der Waals surface area contributed by atoms with Crippen molar-refractivity contribution in [2.45, 2.75) is 44.0 Å². The van der Waals surface area contributed by atoms with Crippen molar-refractivity contribution < 1.29 is 8.42 Å². The summed E-state index contributed by atoms with van der Waals surface area (Å²) in [7, 11) is -1.73. The molecule has 1 rings (SSSR count). The lowest BCUT2D eigenvalue weighted by atomic mass is 10.2. The summed E-state index contributed by atoms with van der Waals surface area (Å²) in [5.41, 5.74) is 0.618. The Morgan fingerprint density at radius 1 is 1.28 bits per heavy atom. The lowest BCUT2D eigenvalue weighted by Gasteiger charge is -2.15. The van der Waals surface area contributed by atoms with Crippen LogP contribution in [0.25, 0.3) is 0 Å². The van der Waals surface area contributed by atoms with E-state index in [1.165, 1.54) is 0 Å². The number of nitrogens with one attached hydrogen (secondary N) is 2. The zero-order valence-electron chi connectivity index (χ0n) is 11.2. The highest BCUT2D eigenvalue weighted by atomic mass is 32.2. The Kier molecular flexibility index (Phi) is 5.62. The van der Waals surface area contributed by atoms with Gasteiger partial charge in [-0.2, -0.15) is 0 Å². The molecule has 18 heavy (non-hydrogen) atoms. The van der Waals surface area contributed by atoms with Gasteiger partial charge in [0.05, 0.1) is 5.69 Å². The highest BCUT2D eigenvalue weighted by Crippen LogP contribution is 2.20. The highest BCUT2D eigenvalue weighted by Gasteiger charge is 2.19. The molecule has 0 bridgehead atoms. The molecule has 0 saturated heterocycles. The van der Waals surface area contributed by atoms with Crippen LogP contribution in [-0.4, -0.2) is 21.5 Å². The standard InChI is InChI=1S/C13H22N2O2S/c1-4-5-8-11(2)15-18(16,17)13-10-7-6-9-12(13)14-3/h6-7,9-11,14-15H,4-5,8H2,1-3H3. The molecule has 0 aliphatic carbocycles. The van der Waals surface area contributed by atoms with Crippen LogP contribution < -0.4 is 10.0 Å². The Morgan fingerprint density at radius 2 is 1.94 bits per heavy atom. The molecular formula is C13H22N2O2S. The Balaban J connectivity index is 2.86. The summed E-state index contributed by atoms with van der Waals surface area (Å²) in [4.78, 5) is 0.302. The molecule has 0 saturated carbocycles.